The molecule has 2 aromatic carbocycles. The zero-order valence-corrected chi connectivity index (χ0v) is 11.4. The molecule has 1 unspecified atom stereocenters. The molecule has 0 radical (unpaired) electrons. The van der Waals surface area contributed by atoms with Gasteiger partial charge in [0.25, 0.3) is 0 Å². The van der Waals surface area contributed by atoms with E-state index in [0.29, 0.717) is 5.75 Å². The molecule has 1 aliphatic heterocycles. The van der Waals surface area contributed by atoms with Gasteiger partial charge in [-0.15, -0.1) is 0 Å². The zero-order valence-electron chi connectivity index (χ0n) is 11.4. The van der Waals surface area contributed by atoms with Crippen molar-refractivity contribution in [1.29, 1.82) is 0 Å². The highest BCUT2D eigenvalue weighted by molar-refractivity contribution is 5.31. The van der Waals surface area contributed by atoms with Crippen molar-refractivity contribution in [2.24, 2.45) is 0 Å². The molecule has 2 aromatic rings. The molecule has 0 saturated heterocycles. The summed E-state index contributed by atoms with van der Waals surface area (Å²) in [5.41, 5.74) is 3.86. The summed E-state index contributed by atoms with van der Waals surface area (Å²) < 4.78 is 5.86. The lowest BCUT2D eigenvalue weighted by atomic mass is 9.97. The van der Waals surface area contributed by atoms with Crippen molar-refractivity contribution in [3.63, 3.8) is 0 Å². The van der Waals surface area contributed by atoms with Crippen LogP contribution in [-0.2, 0) is 17.7 Å². The van der Waals surface area contributed by atoms with E-state index in [1.807, 2.05) is 12.1 Å². The van der Waals surface area contributed by atoms with Crippen molar-refractivity contribution in [3.05, 3.63) is 65.2 Å². The van der Waals surface area contributed by atoms with Gasteiger partial charge in [-0.25, -0.2) is 0 Å². The van der Waals surface area contributed by atoms with E-state index in [2.05, 4.69) is 29.6 Å². The Kier molecular flexibility index (Phi) is 4.00. The number of phenols is 1. The molecule has 0 amide bonds. The van der Waals surface area contributed by atoms with Crippen molar-refractivity contribution in [2.45, 2.75) is 19.1 Å². The van der Waals surface area contributed by atoms with Crippen molar-refractivity contribution in [3.8, 4) is 5.75 Å². The normalized spacial score (nSPS) is 17.7. The predicted molar refractivity (Wildman–Crippen MR) is 78.7 cm³/mol. The van der Waals surface area contributed by atoms with E-state index in [1.54, 1.807) is 12.1 Å². The first kappa shape index (κ1) is 13.2. The largest absolute Gasteiger partial charge is 0.508 e. The summed E-state index contributed by atoms with van der Waals surface area (Å²) in [7, 11) is 0. The van der Waals surface area contributed by atoms with E-state index >= 15 is 0 Å². The molecule has 3 rings (SSSR count). The Morgan fingerprint density at radius 1 is 1.10 bits per heavy atom. The van der Waals surface area contributed by atoms with Crippen LogP contribution in [0.2, 0.25) is 0 Å². The Bertz CT molecular complexity index is 565. The van der Waals surface area contributed by atoms with Crippen LogP contribution in [-0.4, -0.2) is 18.3 Å². The Hall–Kier alpha value is -1.84. The number of ether oxygens (including phenoxy) is 1. The summed E-state index contributed by atoms with van der Waals surface area (Å²) in [5.74, 6) is 0.304. The first-order valence-electron chi connectivity index (χ1n) is 7.01. The molecule has 1 aliphatic rings. The van der Waals surface area contributed by atoms with Crippen LogP contribution in [0.25, 0.3) is 0 Å². The van der Waals surface area contributed by atoms with Gasteiger partial charge in [-0.2, -0.15) is 0 Å². The van der Waals surface area contributed by atoms with Crippen LogP contribution in [0.3, 0.4) is 0 Å². The Labute approximate surface area is 119 Å². The minimum Gasteiger partial charge on any atom is -0.508 e. The highest BCUT2D eigenvalue weighted by Crippen LogP contribution is 2.26. The molecular formula is C17H19NO2. The maximum absolute atomic E-state index is 9.25. The van der Waals surface area contributed by atoms with Gasteiger partial charge in [0.2, 0.25) is 0 Å². The third-order valence-corrected chi connectivity index (χ3v) is 3.69. The minimum atomic E-state index is 0.136. The highest BCUT2D eigenvalue weighted by atomic mass is 16.5. The average Bonchev–Trinajstić information content (AvgIpc) is 2.49. The molecule has 20 heavy (non-hydrogen) atoms. The SMILES string of the molecule is Oc1ccc(CNCC2OCCc3ccccc32)cc1. The summed E-state index contributed by atoms with van der Waals surface area (Å²) in [6.45, 7) is 2.38. The number of benzene rings is 2. The molecule has 1 atom stereocenters. The smallest absolute Gasteiger partial charge is 0.115 e. The Morgan fingerprint density at radius 3 is 2.75 bits per heavy atom. The lowest BCUT2D eigenvalue weighted by molar-refractivity contribution is 0.0423. The van der Waals surface area contributed by atoms with E-state index in [1.165, 1.54) is 11.1 Å². The van der Waals surface area contributed by atoms with Crippen LogP contribution in [0.5, 0.6) is 5.75 Å². The van der Waals surface area contributed by atoms with Crippen molar-refractivity contribution < 1.29 is 9.84 Å². The van der Waals surface area contributed by atoms with Crippen molar-refractivity contribution >= 4 is 0 Å². The molecule has 1 heterocycles. The maximum Gasteiger partial charge on any atom is 0.115 e. The summed E-state index contributed by atoms with van der Waals surface area (Å²) >= 11 is 0. The van der Waals surface area contributed by atoms with E-state index in [9.17, 15) is 5.11 Å². The fourth-order valence-corrected chi connectivity index (χ4v) is 2.61. The van der Waals surface area contributed by atoms with Gasteiger partial charge in [0.1, 0.15) is 5.75 Å². The molecule has 0 aromatic heterocycles. The van der Waals surface area contributed by atoms with Crippen LogP contribution in [0.4, 0.5) is 0 Å². The number of nitrogens with one attached hydrogen (secondary N) is 1. The average molecular weight is 269 g/mol. The van der Waals surface area contributed by atoms with Crippen LogP contribution < -0.4 is 5.32 Å². The summed E-state index contributed by atoms with van der Waals surface area (Å²) in [6.07, 6.45) is 1.14. The van der Waals surface area contributed by atoms with Gasteiger partial charge in [-0.3, -0.25) is 0 Å². The van der Waals surface area contributed by atoms with E-state index in [0.717, 1.165) is 31.7 Å². The lowest BCUT2D eigenvalue weighted by Crippen LogP contribution is -2.27. The van der Waals surface area contributed by atoms with Crippen LogP contribution in [0.15, 0.2) is 48.5 Å². The number of fused-ring (bicyclic) bond motifs is 1. The molecule has 0 saturated carbocycles. The first-order valence-corrected chi connectivity index (χ1v) is 7.01. The molecule has 104 valence electrons. The predicted octanol–water partition coefficient (Wildman–Crippen LogP) is 2.80. The third-order valence-electron chi connectivity index (χ3n) is 3.69. The zero-order chi connectivity index (χ0) is 13.8. The van der Waals surface area contributed by atoms with Gasteiger partial charge in [0.05, 0.1) is 12.7 Å². The molecule has 0 aliphatic carbocycles. The van der Waals surface area contributed by atoms with Gasteiger partial charge in [-0.1, -0.05) is 36.4 Å². The van der Waals surface area contributed by atoms with Crippen LogP contribution in [0, 0.1) is 0 Å². The second-order valence-electron chi connectivity index (χ2n) is 5.11. The first-order chi connectivity index (χ1) is 9.83. The summed E-state index contributed by atoms with van der Waals surface area (Å²) in [6, 6.07) is 15.8. The van der Waals surface area contributed by atoms with Crippen LogP contribution in [0.1, 0.15) is 22.8 Å². The topological polar surface area (TPSA) is 41.5 Å². The molecular weight excluding hydrogens is 250 g/mol. The molecule has 0 spiro atoms. The number of hydrogen-bond acceptors (Lipinski definition) is 3. The number of phenolic OH excluding ortho intramolecular Hbond substituents is 1. The monoisotopic (exact) mass is 269 g/mol. The van der Waals surface area contributed by atoms with E-state index in [-0.39, 0.29) is 6.10 Å². The van der Waals surface area contributed by atoms with Crippen LogP contribution >= 0.6 is 0 Å². The standard InChI is InChI=1S/C17H19NO2/c19-15-7-5-13(6-8-15)11-18-12-17-16-4-2-1-3-14(16)9-10-20-17/h1-8,17-19H,9-12H2. The molecule has 0 bridgehead atoms. The molecule has 0 fully saturated rings. The second-order valence-corrected chi connectivity index (χ2v) is 5.11. The Balaban J connectivity index is 1.58. The summed E-state index contributed by atoms with van der Waals surface area (Å²) in [4.78, 5) is 0. The fraction of sp³-hybridized carbons (Fsp3) is 0.294. The Morgan fingerprint density at radius 2 is 1.90 bits per heavy atom. The molecule has 2 N–H and O–H groups in total. The van der Waals surface area contributed by atoms with Gasteiger partial charge in [-0.05, 0) is 35.2 Å². The van der Waals surface area contributed by atoms with Gasteiger partial charge in [0.15, 0.2) is 0 Å². The van der Waals surface area contributed by atoms with Gasteiger partial charge >= 0.3 is 0 Å². The molecule has 3 nitrogen and oxygen atoms in total. The van der Waals surface area contributed by atoms with E-state index < -0.39 is 0 Å². The molecule has 3 heteroatoms. The van der Waals surface area contributed by atoms with E-state index in [4.69, 9.17) is 4.74 Å². The van der Waals surface area contributed by atoms with Gasteiger partial charge in [0, 0.05) is 13.1 Å². The third kappa shape index (κ3) is 3.00. The summed E-state index contributed by atoms with van der Waals surface area (Å²) in [5, 5.41) is 12.7. The van der Waals surface area contributed by atoms with Crippen molar-refractivity contribution in [2.75, 3.05) is 13.2 Å². The quantitative estimate of drug-likeness (QED) is 0.896. The number of hydrogen-bond donors (Lipinski definition) is 2. The lowest BCUT2D eigenvalue weighted by Gasteiger charge is -2.26. The maximum atomic E-state index is 9.25. The fourth-order valence-electron chi connectivity index (χ4n) is 2.61. The van der Waals surface area contributed by atoms with Crippen molar-refractivity contribution in [1.82, 2.24) is 5.32 Å². The van der Waals surface area contributed by atoms with Gasteiger partial charge < -0.3 is 15.2 Å². The number of rotatable bonds is 4. The second kappa shape index (κ2) is 6.07. The minimum absolute atomic E-state index is 0.136. The number of aromatic hydroxyl groups is 1. The highest BCUT2D eigenvalue weighted by Gasteiger charge is 2.19.